The minimum absolute atomic E-state index is 0.385. The van der Waals surface area contributed by atoms with Crippen molar-refractivity contribution in [2.75, 3.05) is 13.3 Å². The Labute approximate surface area is 86.9 Å². The van der Waals surface area contributed by atoms with E-state index in [1.807, 2.05) is 0 Å². The van der Waals surface area contributed by atoms with Crippen LogP contribution in [0.2, 0.25) is 0 Å². The number of carboxylic acid groups (broad SMARTS) is 1. The lowest BCUT2D eigenvalue weighted by Crippen LogP contribution is -2.71. The molecule has 8 heteroatoms. The lowest BCUT2D eigenvalue weighted by Gasteiger charge is -2.44. The van der Waals surface area contributed by atoms with E-state index in [9.17, 15) is 18.0 Å². The van der Waals surface area contributed by atoms with Gasteiger partial charge in [0.1, 0.15) is 0 Å². The first-order valence-corrected chi connectivity index (χ1v) is 6.15. The maximum atomic E-state index is 11.3. The van der Waals surface area contributed by atoms with Crippen molar-refractivity contribution in [3.63, 3.8) is 0 Å². The summed E-state index contributed by atoms with van der Waals surface area (Å²) in [6.07, 6.45) is 0.543. The number of carbonyl (C=O) groups is 2. The summed E-state index contributed by atoms with van der Waals surface area (Å²) in [5.41, 5.74) is 2.46. The van der Waals surface area contributed by atoms with Crippen LogP contribution in [-0.4, -0.2) is 55.0 Å². The molecule has 1 aliphatic heterocycles. The van der Waals surface area contributed by atoms with Crippen LogP contribution < -0.4 is 5.43 Å². The molecule has 1 aliphatic rings. The van der Waals surface area contributed by atoms with E-state index in [1.165, 1.54) is 7.05 Å². The highest BCUT2D eigenvalue weighted by atomic mass is 32.2. The number of nitrogens with zero attached hydrogens (tertiary/aromatic N) is 1. The number of hydrogen-bond acceptors (Lipinski definition) is 5. The van der Waals surface area contributed by atoms with Gasteiger partial charge in [-0.2, -0.15) is 0 Å². The number of sulfone groups is 1. The Morgan fingerprint density at radius 3 is 2.47 bits per heavy atom. The number of amides is 1. The molecule has 2 atom stereocenters. The molecule has 0 unspecified atom stereocenters. The molecule has 0 aromatic heterocycles. The van der Waals surface area contributed by atoms with Crippen molar-refractivity contribution in [2.45, 2.75) is 17.7 Å². The van der Waals surface area contributed by atoms with E-state index in [4.69, 9.17) is 5.11 Å². The van der Waals surface area contributed by atoms with Crippen LogP contribution in [0.4, 0.5) is 0 Å². The van der Waals surface area contributed by atoms with Gasteiger partial charge in [-0.25, -0.2) is 13.8 Å². The predicted molar refractivity (Wildman–Crippen MR) is 50.6 cm³/mol. The summed E-state index contributed by atoms with van der Waals surface area (Å²) in [5, 5.41) is 8.36. The summed E-state index contributed by atoms with van der Waals surface area (Å²) in [6.45, 7) is 0. The third-order valence-corrected chi connectivity index (χ3v) is 3.69. The predicted octanol–water partition coefficient (Wildman–Crippen LogP) is -1.78. The van der Waals surface area contributed by atoms with E-state index in [-0.39, 0.29) is 6.42 Å². The second-order valence-electron chi connectivity index (χ2n) is 3.35. The van der Waals surface area contributed by atoms with E-state index >= 15 is 0 Å². The Kier molecular flexibility index (Phi) is 3.00. The second kappa shape index (κ2) is 3.78. The topological polar surface area (TPSA) is 104 Å². The van der Waals surface area contributed by atoms with Gasteiger partial charge in [0, 0.05) is 13.3 Å². The largest absolute Gasteiger partial charge is 0.481 e. The summed E-state index contributed by atoms with van der Waals surface area (Å²) in [7, 11) is -2.11. The molecule has 0 aromatic rings. The molecule has 0 bridgehead atoms. The van der Waals surface area contributed by atoms with Crippen molar-refractivity contribution in [3.05, 3.63) is 0 Å². The normalized spacial score (nSPS) is 26.3. The summed E-state index contributed by atoms with van der Waals surface area (Å²) in [6, 6.07) is -0.824. The molecular weight excluding hydrogens is 224 g/mol. The van der Waals surface area contributed by atoms with E-state index in [0.29, 0.717) is 0 Å². The maximum absolute atomic E-state index is 11.3. The number of rotatable bonds is 4. The number of aliphatic carboxylic acids is 1. The number of nitrogens with one attached hydrogen (secondary N) is 1. The van der Waals surface area contributed by atoms with Gasteiger partial charge >= 0.3 is 5.97 Å². The molecule has 0 spiro atoms. The number of carboxylic acids is 1. The Morgan fingerprint density at radius 1 is 1.60 bits per heavy atom. The Morgan fingerprint density at radius 2 is 2.13 bits per heavy atom. The summed E-state index contributed by atoms with van der Waals surface area (Å²) < 4.78 is 22.4. The molecular formula is C7H12N2O5S. The Balaban J connectivity index is 2.89. The van der Waals surface area contributed by atoms with Crippen molar-refractivity contribution in [1.29, 1.82) is 0 Å². The number of hydrazine groups is 1. The molecule has 15 heavy (non-hydrogen) atoms. The highest BCUT2D eigenvalue weighted by molar-refractivity contribution is 7.92. The molecule has 86 valence electrons. The van der Waals surface area contributed by atoms with Crippen LogP contribution in [-0.2, 0) is 19.4 Å². The maximum Gasteiger partial charge on any atom is 0.305 e. The van der Waals surface area contributed by atoms with E-state index in [2.05, 4.69) is 5.43 Å². The second-order valence-corrected chi connectivity index (χ2v) is 5.51. The van der Waals surface area contributed by atoms with Gasteiger partial charge in [0.2, 0.25) is 0 Å². The lowest BCUT2D eigenvalue weighted by molar-refractivity contribution is -0.153. The fraction of sp³-hybridized carbons (Fsp3) is 0.714. The minimum Gasteiger partial charge on any atom is -0.481 e. The molecule has 0 aliphatic carbocycles. The van der Waals surface area contributed by atoms with Crippen molar-refractivity contribution in [3.8, 4) is 0 Å². The number of carbonyl (C=O) groups excluding carboxylic acids is 1. The van der Waals surface area contributed by atoms with E-state index in [0.717, 1.165) is 11.3 Å². The van der Waals surface area contributed by atoms with Crippen LogP contribution in [0.3, 0.4) is 0 Å². The standard InChI is InChI=1S/C7H12N2O5S/c1-8-9-4(3-5(10)11)6(7(9)12)15(2,13)14/h4,6,8H,3H2,1-2H3,(H,10,11)/t4-,6-/m1/s1. The van der Waals surface area contributed by atoms with Gasteiger partial charge in [-0.15, -0.1) is 0 Å². The highest BCUT2D eigenvalue weighted by Gasteiger charge is 2.53. The average Bonchev–Trinajstić information content (AvgIpc) is 2.00. The first-order chi connectivity index (χ1) is 6.79. The molecule has 1 fully saturated rings. The minimum atomic E-state index is -3.55. The fourth-order valence-corrected chi connectivity index (χ4v) is 2.91. The zero-order chi connectivity index (χ0) is 11.8. The van der Waals surface area contributed by atoms with Gasteiger partial charge in [-0.1, -0.05) is 0 Å². The van der Waals surface area contributed by atoms with Crippen LogP contribution in [0, 0.1) is 0 Å². The molecule has 0 saturated carbocycles. The molecule has 2 N–H and O–H groups in total. The Bertz CT molecular complexity index is 390. The van der Waals surface area contributed by atoms with Gasteiger partial charge in [0.25, 0.3) is 5.91 Å². The van der Waals surface area contributed by atoms with Crippen LogP contribution >= 0.6 is 0 Å². The van der Waals surface area contributed by atoms with Gasteiger partial charge in [0.15, 0.2) is 15.1 Å². The van der Waals surface area contributed by atoms with Gasteiger partial charge in [0.05, 0.1) is 12.5 Å². The van der Waals surface area contributed by atoms with E-state index < -0.39 is 33.0 Å². The number of β-lactam (4-membered cyclic amide) rings is 1. The van der Waals surface area contributed by atoms with Gasteiger partial charge in [-0.05, 0) is 0 Å². The molecule has 0 aromatic carbocycles. The smallest absolute Gasteiger partial charge is 0.305 e. The van der Waals surface area contributed by atoms with Gasteiger partial charge in [-0.3, -0.25) is 14.6 Å². The monoisotopic (exact) mass is 236 g/mol. The molecule has 1 saturated heterocycles. The molecule has 1 amide bonds. The van der Waals surface area contributed by atoms with Gasteiger partial charge < -0.3 is 5.11 Å². The number of hydrogen-bond donors (Lipinski definition) is 2. The van der Waals surface area contributed by atoms with Crippen molar-refractivity contribution >= 4 is 21.7 Å². The zero-order valence-electron chi connectivity index (χ0n) is 8.30. The SMILES string of the molecule is CNN1C(=O)[C@H](S(C)(=O)=O)[C@H]1CC(=O)O. The zero-order valence-corrected chi connectivity index (χ0v) is 9.11. The molecule has 7 nitrogen and oxygen atoms in total. The van der Waals surface area contributed by atoms with Crippen molar-refractivity contribution in [2.24, 2.45) is 0 Å². The van der Waals surface area contributed by atoms with Crippen molar-refractivity contribution < 1.29 is 23.1 Å². The third kappa shape index (κ3) is 2.10. The highest BCUT2D eigenvalue weighted by Crippen LogP contribution is 2.26. The van der Waals surface area contributed by atoms with Crippen LogP contribution in [0.25, 0.3) is 0 Å². The summed E-state index contributed by atoms with van der Waals surface area (Å²) >= 11 is 0. The third-order valence-electron chi connectivity index (χ3n) is 2.25. The molecule has 0 radical (unpaired) electrons. The molecule has 1 heterocycles. The van der Waals surface area contributed by atoms with E-state index in [1.54, 1.807) is 0 Å². The first-order valence-electron chi connectivity index (χ1n) is 4.20. The summed E-state index contributed by atoms with van der Waals surface area (Å²) in [5.74, 6) is -1.74. The molecule has 1 rings (SSSR count). The van der Waals surface area contributed by atoms with Crippen LogP contribution in [0.15, 0.2) is 0 Å². The fourth-order valence-electron chi connectivity index (χ4n) is 1.64. The average molecular weight is 236 g/mol. The Hall–Kier alpha value is -1.15. The lowest BCUT2D eigenvalue weighted by atomic mass is 10.0. The quantitative estimate of drug-likeness (QED) is 0.559. The van der Waals surface area contributed by atoms with Crippen LogP contribution in [0.1, 0.15) is 6.42 Å². The van der Waals surface area contributed by atoms with Crippen molar-refractivity contribution in [1.82, 2.24) is 10.4 Å². The summed E-state index contributed by atoms with van der Waals surface area (Å²) in [4.78, 5) is 21.8. The van der Waals surface area contributed by atoms with Crippen LogP contribution in [0.5, 0.6) is 0 Å². The first kappa shape index (κ1) is 11.9.